The first-order valence-corrected chi connectivity index (χ1v) is 5.75. The van der Waals surface area contributed by atoms with Crippen molar-refractivity contribution < 1.29 is 0 Å². The van der Waals surface area contributed by atoms with Gasteiger partial charge in [0.05, 0.1) is 11.2 Å². The van der Waals surface area contributed by atoms with Gasteiger partial charge in [-0.25, -0.2) is 0 Å². The molecule has 0 amide bonds. The highest BCUT2D eigenvalue weighted by Gasteiger charge is 2.12. The van der Waals surface area contributed by atoms with Crippen molar-refractivity contribution in [3.8, 4) is 0 Å². The standard InChI is InChI=1S/C15H10N2/c1-2-4-14-12(3-1)11-6-5-10-7-8-16-15(10)13(11)9-17-14/h1-6,8-9H,7H2. The quantitative estimate of drug-likeness (QED) is 0.529. The third-order valence-corrected chi connectivity index (χ3v) is 3.36. The smallest absolute Gasteiger partial charge is 0.0755 e. The molecule has 0 aliphatic carbocycles. The number of pyridine rings is 1. The van der Waals surface area contributed by atoms with E-state index in [1.165, 1.54) is 16.3 Å². The molecule has 0 unspecified atom stereocenters. The summed E-state index contributed by atoms with van der Waals surface area (Å²) in [5, 5.41) is 3.61. The molecule has 2 heteroatoms. The van der Waals surface area contributed by atoms with Crippen molar-refractivity contribution in [3.05, 3.63) is 48.2 Å². The number of rotatable bonds is 0. The highest BCUT2D eigenvalue weighted by atomic mass is 14.8. The maximum atomic E-state index is 4.51. The van der Waals surface area contributed by atoms with E-state index in [-0.39, 0.29) is 0 Å². The van der Waals surface area contributed by atoms with E-state index < -0.39 is 0 Å². The number of hydrogen-bond acceptors (Lipinski definition) is 2. The lowest BCUT2D eigenvalue weighted by molar-refractivity contribution is 1.41. The van der Waals surface area contributed by atoms with Gasteiger partial charge in [-0.1, -0.05) is 30.3 Å². The van der Waals surface area contributed by atoms with Gasteiger partial charge in [-0.3, -0.25) is 9.98 Å². The first-order chi connectivity index (χ1) is 8.43. The van der Waals surface area contributed by atoms with Crippen LogP contribution < -0.4 is 0 Å². The van der Waals surface area contributed by atoms with Crippen LogP contribution in [0.3, 0.4) is 0 Å². The van der Waals surface area contributed by atoms with Crippen molar-refractivity contribution in [1.82, 2.24) is 4.98 Å². The number of para-hydroxylation sites is 1. The summed E-state index contributed by atoms with van der Waals surface area (Å²) in [7, 11) is 0. The Morgan fingerprint density at radius 3 is 2.82 bits per heavy atom. The summed E-state index contributed by atoms with van der Waals surface area (Å²) in [6.45, 7) is 0. The second kappa shape index (κ2) is 3.14. The van der Waals surface area contributed by atoms with E-state index in [0.29, 0.717) is 0 Å². The summed E-state index contributed by atoms with van der Waals surface area (Å²) >= 11 is 0. The third-order valence-electron chi connectivity index (χ3n) is 3.36. The van der Waals surface area contributed by atoms with E-state index in [2.05, 4.69) is 34.2 Å². The number of fused-ring (bicyclic) bond motifs is 5. The Morgan fingerprint density at radius 1 is 0.882 bits per heavy atom. The fourth-order valence-corrected chi connectivity index (χ4v) is 2.52. The fourth-order valence-electron chi connectivity index (χ4n) is 2.52. The Balaban J connectivity index is 2.25. The third kappa shape index (κ3) is 1.15. The van der Waals surface area contributed by atoms with Crippen LogP contribution in [0.5, 0.6) is 0 Å². The van der Waals surface area contributed by atoms with Crippen molar-refractivity contribution in [1.29, 1.82) is 0 Å². The van der Waals surface area contributed by atoms with E-state index in [0.717, 1.165) is 23.0 Å². The molecule has 1 aromatic heterocycles. The molecule has 0 saturated heterocycles. The highest BCUT2D eigenvalue weighted by Crippen LogP contribution is 2.35. The minimum atomic E-state index is 0.943. The van der Waals surface area contributed by atoms with Gasteiger partial charge in [-0.2, -0.15) is 0 Å². The second-order valence-electron chi connectivity index (χ2n) is 4.33. The molecule has 1 aliphatic rings. The molecule has 2 heterocycles. The maximum Gasteiger partial charge on any atom is 0.0755 e. The summed E-state index contributed by atoms with van der Waals surface area (Å²) in [5.74, 6) is 0. The number of hydrogen-bond donors (Lipinski definition) is 0. The zero-order valence-electron chi connectivity index (χ0n) is 9.22. The molecule has 1 aliphatic heterocycles. The molecule has 0 saturated carbocycles. The van der Waals surface area contributed by atoms with Crippen LogP contribution in [0.2, 0.25) is 0 Å². The van der Waals surface area contributed by atoms with Gasteiger partial charge in [0.15, 0.2) is 0 Å². The molecule has 3 aromatic rings. The van der Waals surface area contributed by atoms with Crippen LogP contribution in [0, 0.1) is 0 Å². The predicted molar refractivity (Wildman–Crippen MR) is 71.1 cm³/mol. The van der Waals surface area contributed by atoms with E-state index in [1.807, 2.05) is 24.5 Å². The molecule has 0 N–H and O–H groups in total. The monoisotopic (exact) mass is 218 g/mol. The maximum absolute atomic E-state index is 4.51. The molecule has 0 atom stereocenters. The van der Waals surface area contributed by atoms with Crippen LogP contribution in [0.1, 0.15) is 5.56 Å². The van der Waals surface area contributed by atoms with Gasteiger partial charge in [0.25, 0.3) is 0 Å². The summed E-state index contributed by atoms with van der Waals surface area (Å²) in [5.41, 5.74) is 3.44. The predicted octanol–water partition coefficient (Wildman–Crippen LogP) is 3.65. The number of aliphatic imine (C=N–C) groups is 1. The van der Waals surface area contributed by atoms with Crippen LogP contribution in [0.25, 0.3) is 21.7 Å². The lowest BCUT2D eigenvalue weighted by atomic mass is 10.0. The average molecular weight is 218 g/mol. The van der Waals surface area contributed by atoms with Crippen molar-refractivity contribution in [2.24, 2.45) is 4.99 Å². The van der Waals surface area contributed by atoms with Gasteiger partial charge in [-0.05, 0) is 17.0 Å². The van der Waals surface area contributed by atoms with Crippen LogP contribution in [-0.2, 0) is 6.42 Å². The van der Waals surface area contributed by atoms with Crippen molar-refractivity contribution >= 4 is 33.6 Å². The molecular formula is C15H10N2. The largest absolute Gasteiger partial charge is 0.260 e. The number of benzene rings is 2. The second-order valence-corrected chi connectivity index (χ2v) is 4.33. The van der Waals surface area contributed by atoms with Gasteiger partial charge < -0.3 is 0 Å². The molecule has 0 fully saturated rings. The Morgan fingerprint density at radius 2 is 1.82 bits per heavy atom. The van der Waals surface area contributed by atoms with Crippen molar-refractivity contribution in [2.75, 3.05) is 0 Å². The molecule has 0 radical (unpaired) electrons. The summed E-state index contributed by atoms with van der Waals surface area (Å²) in [6, 6.07) is 12.6. The fraction of sp³-hybridized carbons (Fsp3) is 0.0667. The summed E-state index contributed by atoms with van der Waals surface area (Å²) in [4.78, 5) is 8.98. The summed E-state index contributed by atoms with van der Waals surface area (Å²) < 4.78 is 0. The molecule has 4 rings (SSSR count). The summed E-state index contributed by atoms with van der Waals surface area (Å²) in [6.07, 6.45) is 4.86. The molecule has 17 heavy (non-hydrogen) atoms. The molecule has 2 nitrogen and oxygen atoms in total. The van der Waals surface area contributed by atoms with Crippen molar-refractivity contribution in [3.63, 3.8) is 0 Å². The molecule has 80 valence electrons. The van der Waals surface area contributed by atoms with Crippen molar-refractivity contribution in [2.45, 2.75) is 6.42 Å². The van der Waals surface area contributed by atoms with Crippen LogP contribution in [0.15, 0.2) is 47.6 Å². The van der Waals surface area contributed by atoms with E-state index in [4.69, 9.17) is 0 Å². The molecular weight excluding hydrogens is 208 g/mol. The minimum absolute atomic E-state index is 0.943. The zero-order chi connectivity index (χ0) is 11.2. The van der Waals surface area contributed by atoms with Gasteiger partial charge in [0, 0.05) is 29.6 Å². The van der Waals surface area contributed by atoms with Gasteiger partial charge in [0.1, 0.15) is 0 Å². The normalized spacial score (nSPS) is 13.4. The Hall–Kier alpha value is -2.22. The van der Waals surface area contributed by atoms with E-state index >= 15 is 0 Å². The number of nitrogens with zero attached hydrogens (tertiary/aromatic N) is 2. The van der Waals surface area contributed by atoms with E-state index in [1.54, 1.807) is 0 Å². The number of aromatic nitrogens is 1. The average Bonchev–Trinajstić information content (AvgIpc) is 2.86. The Kier molecular flexibility index (Phi) is 1.64. The first kappa shape index (κ1) is 8.88. The lowest BCUT2D eigenvalue weighted by Crippen LogP contribution is -1.84. The lowest BCUT2D eigenvalue weighted by Gasteiger charge is -2.06. The van der Waals surface area contributed by atoms with Crippen LogP contribution in [-0.4, -0.2) is 11.2 Å². The van der Waals surface area contributed by atoms with Crippen LogP contribution in [0.4, 0.5) is 5.69 Å². The van der Waals surface area contributed by atoms with E-state index in [9.17, 15) is 0 Å². The van der Waals surface area contributed by atoms with Gasteiger partial charge in [0.2, 0.25) is 0 Å². The van der Waals surface area contributed by atoms with Gasteiger partial charge >= 0.3 is 0 Å². The molecule has 2 aromatic carbocycles. The van der Waals surface area contributed by atoms with Gasteiger partial charge in [-0.15, -0.1) is 0 Å². The Labute approximate surface area is 98.6 Å². The molecule has 0 bridgehead atoms. The molecule has 0 spiro atoms. The first-order valence-electron chi connectivity index (χ1n) is 5.75. The topological polar surface area (TPSA) is 25.2 Å². The SMILES string of the molecule is C1=Nc2c(ccc3c2cnc2ccccc23)C1. The zero-order valence-corrected chi connectivity index (χ0v) is 9.22. The minimum Gasteiger partial charge on any atom is -0.260 e. The van der Waals surface area contributed by atoms with Crippen LogP contribution >= 0.6 is 0 Å². The Bertz CT molecular complexity index is 772. The highest BCUT2D eigenvalue weighted by molar-refractivity contribution is 6.10.